The summed E-state index contributed by atoms with van der Waals surface area (Å²) in [5, 5.41) is 67.7. The maximum Gasteiger partial charge on any atom is 0.303 e. The van der Waals surface area contributed by atoms with Crippen molar-refractivity contribution < 1.29 is 92.7 Å². The van der Waals surface area contributed by atoms with Gasteiger partial charge in [-0.2, -0.15) is 0 Å². The third kappa shape index (κ3) is 24.5. The van der Waals surface area contributed by atoms with Crippen LogP contribution in [0.5, 0.6) is 5.75 Å². The van der Waals surface area contributed by atoms with Crippen LogP contribution in [0.3, 0.4) is 0 Å². The molecule has 0 aromatic heterocycles. The largest absolute Gasteiger partial charge is 0.508 e. The van der Waals surface area contributed by atoms with Gasteiger partial charge in [-0.05, 0) is 87.9 Å². The summed E-state index contributed by atoms with van der Waals surface area (Å²) in [7, 11) is 1.38. The van der Waals surface area contributed by atoms with Gasteiger partial charge in [0.15, 0.2) is 0 Å². The first-order chi connectivity index (χ1) is 38.5. The smallest absolute Gasteiger partial charge is 0.303 e. The molecule has 1 aliphatic heterocycles. The number of hydrogen-bond acceptors (Lipinski definition) is 16. The monoisotopic (exact) mass is 1160 g/mol. The molecule has 1 fully saturated rings. The molecule has 0 spiro atoms. The van der Waals surface area contributed by atoms with E-state index >= 15 is 0 Å². The van der Waals surface area contributed by atoms with Crippen molar-refractivity contribution in [1.82, 2.24) is 47.4 Å². The third-order valence-electron chi connectivity index (χ3n) is 13.5. The molecule has 1 aliphatic rings. The highest BCUT2D eigenvalue weighted by Crippen LogP contribution is 2.23. The number of carbonyl (C=O) groups is 14. The summed E-state index contributed by atoms with van der Waals surface area (Å²) in [6.45, 7) is 6.68. The molecule has 30 nitrogen and oxygen atoms in total. The highest BCUT2D eigenvalue weighted by molar-refractivity contribution is 5.99. The number of amides is 10. The number of aliphatic carboxylic acids is 4. The molecule has 0 bridgehead atoms. The molecule has 1 aromatic carbocycles. The maximum atomic E-state index is 14.5. The number of carboxylic acids is 4. The number of nitrogens with two attached hydrogens (primary N) is 2. The molecule has 2 rings (SSSR count). The number of phenols is 1. The predicted molar refractivity (Wildman–Crippen MR) is 287 cm³/mol. The lowest BCUT2D eigenvalue weighted by Gasteiger charge is -2.33. The minimum absolute atomic E-state index is 0.000110. The van der Waals surface area contributed by atoms with Gasteiger partial charge in [0.05, 0.1) is 6.04 Å². The summed E-state index contributed by atoms with van der Waals surface area (Å²) >= 11 is 0. The normalized spacial score (nSPS) is 16.2. The van der Waals surface area contributed by atoms with Gasteiger partial charge >= 0.3 is 23.9 Å². The Balaban J connectivity index is 2.50. The molecule has 10 amide bonds. The topological polar surface area (TPSA) is 492 Å². The summed E-state index contributed by atoms with van der Waals surface area (Å²) in [5.74, 6) is -16.0. The number of rotatable bonds is 38. The van der Waals surface area contributed by atoms with Crippen LogP contribution in [0.2, 0.25) is 0 Å². The van der Waals surface area contributed by atoms with Crippen molar-refractivity contribution in [1.29, 1.82) is 0 Å². The van der Waals surface area contributed by atoms with Crippen LogP contribution in [0.25, 0.3) is 0 Å². The lowest BCUT2D eigenvalue weighted by atomic mass is 9.96. The van der Waals surface area contributed by atoms with E-state index in [-0.39, 0.29) is 69.6 Å². The predicted octanol–water partition coefficient (Wildman–Crippen LogP) is -2.79. The minimum Gasteiger partial charge on any atom is -0.508 e. The molecule has 1 saturated heterocycles. The van der Waals surface area contributed by atoms with Crippen molar-refractivity contribution in [2.24, 2.45) is 23.3 Å². The van der Waals surface area contributed by atoms with Crippen LogP contribution in [0, 0.1) is 11.8 Å². The molecular formula is C52H79N11O19. The van der Waals surface area contributed by atoms with Crippen molar-refractivity contribution in [2.45, 2.75) is 178 Å². The molecular weight excluding hydrogens is 1080 g/mol. The number of hydrogen-bond donors (Lipinski definition) is 15. The number of likely N-dealkylation sites (N-methyl/N-ethyl adjacent to an activating group) is 1. The zero-order chi connectivity index (χ0) is 62.0. The minimum atomic E-state index is -1.80. The number of phenolic OH excluding ortho intramolecular Hbond substituents is 1. The van der Waals surface area contributed by atoms with E-state index in [2.05, 4.69) is 42.5 Å². The fourth-order valence-electron chi connectivity index (χ4n) is 8.68. The second-order valence-corrected chi connectivity index (χ2v) is 20.4. The molecule has 0 saturated carbocycles. The van der Waals surface area contributed by atoms with Gasteiger partial charge in [0.2, 0.25) is 59.1 Å². The number of nitrogens with zero attached hydrogens (tertiary/aromatic N) is 1. The van der Waals surface area contributed by atoms with E-state index in [1.54, 1.807) is 27.7 Å². The van der Waals surface area contributed by atoms with Gasteiger partial charge in [-0.15, -0.1) is 0 Å². The standard InChI is InChI=1S/C52H79N11O19/c1-6-27(4)43(62-48(78)34(17-22-42(72)73)57-45(75)31(55-5)14-19-39(66)67)52(82)63-23-7-8-37(63)51(81)59-33(16-21-41(70)71)46(76)58-32(15-20-40(68)69)47(77)61-36(25-28-9-11-29(64)12-10-28)50(80)60-35(24-26(2)3)49(79)56-30(44(54)74)13-18-38(53)65/h9-12,26-27,30-37,43,55,64H,6-8,13-25H2,1-5H3,(H2,53,65)(H2,54,74)(H,56,79)(H,57,75)(H,58,76)(H,59,81)(H,60,80)(H,61,77)(H,62,78)(H,66,67)(H,68,69)(H,70,71)(H,72,73)/t27?,30-,31-,32-,33-,34-,35-,36-,37?,43-/m0/s1. The van der Waals surface area contributed by atoms with Gasteiger partial charge in [0, 0.05) is 45.1 Å². The molecule has 30 heteroatoms. The number of likely N-dealkylation sites (tertiary alicyclic amines) is 1. The summed E-state index contributed by atoms with van der Waals surface area (Å²) in [6.07, 6.45) is -4.81. The lowest BCUT2D eigenvalue weighted by molar-refractivity contribution is -0.144. The second kappa shape index (κ2) is 34.6. The molecule has 456 valence electrons. The fourth-order valence-corrected chi connectivity index (χ4v) is 8.68. The highest BCUT2D eigenvalue weighted by Gasteiger charge is 2.42. The zero-order valence-electron chi connectivity index (χ0n) is 46.5. The Labute approximate surface area is 472 Å². The number of benzene rings is 1. The number of carbonyl (C=O) groups excluding carboxylic acids is 10. The van der Waals surface area contributed by atoms with E-state index < -0.39 is 188 Å². The average Bonchev–Trinajstić information content (AvgIpc) is 4.07. The van der Waals surface area contributed by atoms with Gasteiger partial charge in [-0.25, -0.2) is 0 Å². The van der Waals surface area contributed by atoms with Gasteiger partial charge in [0.25, 0.3) is 0 Å². The van der Waals surface area contributed by atoms with E-state index in [1.807, 2.05) is 0 Å². The summed E-state index contributed by atoms with van der Waals surface area (Å²) in [4.78, 5) is 183. The van der Waals surface area contributed by atoms with Crippen LogP contribution in [-0.4, -0.2) is 181 Å². The Bertz CT molecular complexity index is 2460. The average molecular weight is 1160 g/mol. The summed E-state index contributed by atoms with van der Waals surface area (Å²) < 4.78 is 0. The first-order valence-corrected chi connectivity index (χ1v) is 26.8. The van der Waals surface area contributed by atoms with Crippen LogP contribution in [0.4, 0.5) is 0 Å². The van der Waals surface area contributed by atoms with E-state index in [1.165, 1.54) is 31.3 Å². The van der Waals surface area contributed by atoms with Crippen molar-refractivity contribution in [3.63, 3.8) is 0 Å². The molecule has 82 heavy (non-hydrogen) atoms. The molecule has 1 heterocycles. The quantitative estimate of drug-likeness (QED) is 0.0318. The molecule has 0 aliphatic carbocycles. The van der Waals surface area contributed by atoms with E-state index in [0.29, 0.717) is 5.56 Å². The van der Waals surface area contributed by atoms with Crippen molar-refractivity contribution in [3.8, 4) is 5.75 Å². The summed E-state index contributed by atoms with van der Waals surface area (Å²) in [5.41, 5.74) is 11.0. The Morgan fingerprint density at radius 3 is 1.40 bits per heavy atom. The number of carboxylic acid groups (broad SMARTS) is 4. The van der Waals surface area contributed by atoms with Crippen molar-refractivity contribution in [3.05, 3.63) is 29.8 Å². The lowest BCUT2D eigenvalue weighted by Crippen LogP contribution is -2.61. The van der Waals surface area contributed by atoms with E-state index in [4.69, 9.17) is 16.6 Å². The number of primary amides is 2. The molecule has 10 atom stereocenters. The molecule has 1 aromatic rings. The number of aromatic hydroxyl groups is 1. The van der Waals surface area contributed by atoms with Crippen molar-refractivity contribution in [2.75, 3.05) is 13.6 Å². The SMILES string of the molecule is CCC(C)[C@H](NC(=O)[C@H](CCC(=O)O)NC(=O)[C@H](CCC(=O)O)NC)C(=O)N1CCCC1C(=O)N[C@@H](CCC(=O)O)C(=O)N[C@@H](CCC(=O)O)C(=O)N[C@@H](Cc1ccc(O)cc1)C(=O)N[C@@H](CC(C)C)C(=O)N[C@@H](CCC(N)=O)C(N)=O. The van der Waals surface area contributed by atoms with Gasteiger partial charge in [0.1, 0.15) is 54.1 Å². The third-order valence-corrected chi connectivity index (χ3v) is 13.5. The highest BCUT2D eigenvalue weighted by atomic mass is 16.4. The van der Waals surface area contributed by atoms with Crippen LogP contribution in [0.1, 0.15) is 123 Å². The van der Waals surface area contributed by atoms with Crippen LogP contribution in [-0.2, 0) is 73.5 Å². The van der Waals surface area contributed by atoms with Crippen molar-refractivity contribution >= 4 is 82.9 Å². The van der Waals surface area contributed by atoms with Crippen LogP contribution >= 0.6 is 0 Å². The first-order valence-electron chi connectivity index (χ1n) is 26.8. The zero-order valence-corrected chi connectivity index (χ0v) is 46.5. The van der Waals surface area contributed by atoms with E-state index in [9.17, 15) is 87.5 Å². The van der Waals surface area contributed by atoms with Crippen LogP contribution < -0.4 is 54.0 Å². The van der Waals surface area contributed by atoms with Gasteiger partial charge in [-0.3, -0.25) is 67.1 Å². The number of nitrogens with one attached hydrogen (secondary N) is 8. The Morgan fingerprint density at radius 1 is 0.549 bits per heavy atom. The summed E-state index contributed by atoms with van der Waals surface area (Å²) in [6, 6.07) is -7.89. The first kappa shape index (κ1) is 69.7. The molecule has 0 radical (unpaired) electrons. The Morgan fingerprint density at radius 2 is 0.951 bits per heavy atom. The molecule has 17 N–H and O–H groups in total. The Hall–Kier alpha value is -8.44. The van der Waals surface area contributed by atoms with Crippen LogP contribution in [0.15, 0.2) is 24.3 Å². The molecule has 2 unspecified atom stereocenters. The van der Waals surface area contributed by atoms with E-state index in [0.717, 1.165) is 4.90 Å². The second-order valence-electron chi connectivity index (χ2n) is 20.4. The maximum absolute atomic E-state index is 14.5. The van der Waals surface area contributed by atoms with Gasteiger partial charge in [-0.1, -0.05) is 46.2 Å². The van der Waals surface area contributed by atoms with Gasteiger partial charge < -0.3 is 84.4 Å². The fraction of sp³-hybridized carbons (Fsp3) is 0.615. The Kier molecular flexibility index (Phi) is 29.4.